The van der Waals surface area contributed by atoms with Gasteiger partial charge in [0.1, 0.15) is 5.82 Å². The van der Waals surface area contributed by atoms with Crippen molar-refractivity contribution in [2.45, 2.75) is 50.0 Å². The fraction of sp³-hybridized carbons (Fsp3) is 0.333. The maximum absolute atomic E-state index is 13.4. The molecule has 11 nitrogen and oxygen atoms in total. The molecule has 6 rings (SSSR count). The first kappa shape index (κ1) is 26.5. The summed E-state index contributed by atoms with van der Waals surface area (Å²) in [5.74, 6) is 0.664. The molecule has 208 valence electrons. The number of hydrogen-bond acceptors (Lipinski definition) is 8. The van der Waals surface area contributed by atoms with Crippen molar-refractivity contribution < 1.29 is 16.8 Å². The van der Waals surface area contributed by atoms with Crippen molar-refractivity contribution in [3.05, 3.63) is 84.2 Å². The first-order valence-electron chi connectivity index (χ1n) is 13.1. The number of rotatable bonds is 8. The molecule has 13 heteroatoms. The normalized spacial score (nSPS) is 20.0. The molecule has 3 atom stereocenters. The van der Waals surface area contributed by atoms with Crippen LogP contribution in [-0.4, -0.2) is 57.2 Å². The van der Waals surface area contributed by atoms with E-state index in [4.69, 9.17) is 0 Å². The van der Waals surface area contributed by atoms with Crippen molar-refractivity contribution in [3.63, 3.8) is 0 Å². The summed E-state index contributed by atoms with van der Waals surface area (Å²) in [5.41, 5.74) is 3.03. The minimum absolute atomic E-state index is 0.0390. The summed E-state index contributed by atoms with van der Waals surface area (Å²) >= 11 is 0. The minimum atomic E-state index is -3.87. The van der Waals surface area contributed by atoms with Crippen LogP contribution in [0.3, 0.4) is 0 Å². The van der Waals surface area contributed by atoms with E-state index < -0.39 is 20.0 Å². The number of nitrogens with zero attached hydrogens (tertiary/aromatic N) is 6. The number of sulfonamides is 1. The van der Waals surface area contributed by atoms with Crippen LogP contribution in [0.25, 0.3) is 16.8 Å². The number of hydrogen-bond donors (Lipinski definition) is 1. The standard InChI is InChI=1S/C27H29N7O4S2/c1-18-6-8-22(9-7-18)40(37,38)33-13-10-24-27(33)29-17-25-30-31-26(34(24)25)23-16-21(15-19(23)2)32-39(35,36)14-11-20-5-3-4-12-28-20/h3-10,12-13,17,19,21,23,32H,11,14-16H2,1-2H3/t19-,21+,23+/m1/s1. The number of aromatic nitrogens is 6. The third-order valence-electron chi connectivity index (χ3n) is 7.55. The molecule has 0 unspecified atom stereocenters. The van der Waals surface area contributed by atoms with Gasteiger partial charge in [-0.25, -0.2) is 30.5 Å². The van der Waals surface area contributed by atoms with Crippen molar-refractivity contribution >= 4 is 36.9 Å². The average molecular weight is 580 g/mol. The van der Waals surface area contributed by atoms with Crippen molar-refractivity contribution in [1.82, 2.24) is 33.3 Å². The topological polar surface area (TPSA) is 141 Å². The van der Waals surface area contributed by atoms with Crippen LogP contribution in [0.2, 0.25) is 0 Å². The van der Waals surface area contributed by atoms with Gasteiger partial charge in [-0.3, -0.25) is 9.38 Å². The van der Waals surface area contributed by atoms with Crippen molar-refractivity contribution in [3.8, 4) is 0 Å². The lowest BCUT2D eigenvalue weighted by molar-refractivity contribution is 0.505. The van der Waals surface area contributed by atoms with Crippen LogP contribution < -0.4 is 4.72 Å². The highest BCUT2D eigenvalue weighted by Crippen LogP contribution is 2.40. The lowest BCUT2D eigenvalue weighted by Crippen LogP contribution is -2.35. The smallest absolute Gasteiger partial charge is 0.269 e. The zero-order valence-electron chi connectivity index (χ0n) is 22.0. The maximum atomic E-state index is 13.4. The molecule has 0 aliphatic heterocycles. The lowest BCUT2D eigenvalue weighted by atomic mass is 9.97. The molecule has 4 aromatic heterocycles. The quantitative estimate of drug-likeness (QED) is 0.296. The van der Waals surface area contributed by atoms with Crippen molar-refractivity contribution in [1.29, 1.82) is 0 Å². The molecule has 1 aliphatic rings. The summed E-state index contributed by atoms with van der Waals surface area (Å²) < 4.78 is 58.4. The average Bonchev–Trinajstić information content (AvgIpc) is 3.64. The lowest BCUT2D eigenvalue weighted by Gasteiger charge is -2.14. The van der Waals surface area contributed by atoms with Crippen LogP contribution in [0.5, 0.6) is 0 Å². The highest BCUT2D eigenvalue weighted by Gasteiger charge is 2.37. The summed E-state index contributed by atoms with van der Waals surface area (Å²) in [6, 6.07) is 13.6. The molecule has 0 radical (unpaired) electrons. The van der Waals surface area contributed by atoms with Crippen molar-refractivity contribution in [2.75, 3.05) is 5.75 Å². The number of aryl methyl sites for hydroxylation is 2. The van der Waals surface area contributed by atoms with E-state index in [-0.39, 0.29) is 34.2 Å². The Morgan fingerprint density at radius 2 is 1.77 bits per heavy atom. The monoisotopic (exact) mass is 579 g/mol. The van der Waals surface area contributed by atoms with Crippen LogP contribution >= 0.6 is 0 Å². The van der Waals surface area contributed by atoms with Crippen LogP contribution in [0.1, 0.15) is 42.8 Å². The van der Waals surface area contributed by atoms with E-state index in [2.05, 4.69) is 31.8 Å². The molecule has 0 saturated heterocycles. The van der Waals surface area contributed by atoms with Crippen LogP contribution in [0, 0.1) is 12.8 Å². The summed E-state index contributed by atoms with van der Waals surface area (Å²) in [4.78, 5) is 8.79. The minimum Gasteiger partial charge on any atom is -0.274 e. The van der Waals surface area contributed by atoms with Gasteiger partial charge in [0, 0.05) is 36.5 Å². The molecule has 0 bridgehead atoms. The Morgan fingerprint density at radius 1 is 0.975 bits per heavy atom. The summed E-state index contributed by atoms with van der Waals surface area (Å²) in [6.45, 7) is 3.97. The van der Waals surface area contributed by atoms with Crippen LogP contribution in [-0.2, 0) is 26.5 Å². The third-order valence-corrected chi connectivity index (χ3v) is 10.7. The predicted octanol–water partition coefficient (Wildman–Crippen LogP) is 3.06. The Labute approximate surface area is 232 Å². The highest BCUT2D eigenvalue weighted by atomic mass is 32.2. The van der Waals surface area contributed by atoms with E-state index in [0.717, 1.165) is 11.3 Å². The van der Waals surface area contributed by atoms with Gasteiger partial charge in [0.25, 0.3) is 10.0 Å². The molecule has 5 aromatic rings. The molecular formula is C27H29N7O4S2. The van der Waals surface area contributed by atoms with E-state index >= 15 is 0 Å². The number of fused-ring (bicyclic) bond motifs is 3. The predicted molar refractivity (Wildman–Crippen MR) is 150 cm³/mol. The number of benzene rings is 1. The highest BCUT2D eigenvalue weighted by molar-refractivity contribution is 7.90. The number of pyridine rings is 1. The van der Waals surface area contributed by atoms with Gasteiger partial charge >= 0.3 is 0 Å². The van der Waals surface area contributed by atoms with E-state index in [0.29, 0.717) is 36.3 Å². The maximum Gasteiger partial charge on any atom is 0.269 e. The van der Waals surface area contributed by atoms with E-state index in [9.17, 15) is 16.8 Å². The third kappa shape index (κ3) is 4.88. The molecule has 0 amide bonds. The number of nitrogens with one attached hydrogen (secondary N) is 1. The Hall–Kier alpha value is -3.68. The zero-order chi connectivity index (χ0) is 28.1. The van der Waals surface area contributed by atoms with E-state index in [1.807, 2.05) is 23.5 Å². The molecule has 1 fully saturated rings. The van der Waals surface area contributed by atoms with Gasteiger partial charge in [0.05, 0.1) is 22.4 Å². The zero-order valence-corrected chi connectivity index (χ0v) is 23.7. The molecular weight excluding hydrogens is 550 g/mol. The van der Waals surface area contributed by atoms with Gasteiger partial charge in [0.15, 0.2) is 11.3 Å². The Morgan fingerprint density at radius 3 is 2.52 bits per heavy atom. The second kappa shape index (κ2) is 10.1. The first-order valence-corrected chi connectivity index (χ1v) is 16.1. The Kier molecular flexibility index (Phi) is 6.67. The van der Waals surface area contributed by atoms with Crippen molar-refractivity contribution in [2.24, 2.45) is 5.92 Å². The van der Waals surface area contributed by atoms with Gasteiger partial charge in [-0.05, 0) is 56.0 Å². The Balaban J connectivity index is 1.27. The van der Waals surface area contributed by atoms with Gasteiger partial charge in [0.2, 0.25) is 10.0 Å². The van der Waals surface area contributed by atoms with Gasteiger partial charge in [-0.15, -0.1) is 10.2 Å². The van der Waals surface area contributed by atoms with E-state index in [1.54, 1.807) is 42.6 Å². The molecule has 1 N–H and O–H groups in total. The van der Waals surface area contributed by atoms with Crippen LogP contribution in [0.4, 0.5) is 0 Å². The van der Waals surface area contributed by atoms with Gasteiger partial charge in [-0.2, -0.15) is 0 Å². The molecule has 1 aromatic carbocycles. The summed E-state index contributed by atoms with van der Waals surface area (Å²) in [6.07, 6.45) is 6.20. The molecule has 0 spiro atoms. The summed E-state index contributed by atoms with van der Waals surface area (Å²) in [7, 11) is -7.38. The largest absolute Gasteiger partial charge is 0.274 e. The second-order valence-corrected chi connectivity index (χ2v) is 14.1. The molecule has 40 heavy (non-hydrogen) atoms. The van der Waals surface area contributed by atoms with Crippen LogP contribution in [0.15, 0.2) is 72.0 Å². The summed E-state index contributed by atoms with van der Waals surface area (Å²) in [5, 5.41) is 8.75. The SMILES string of the molecule is Cc1ccc(S(=O)(=O)n2ccc3c2ncc2nnc([C@H]4C[C@@H](NS(=O)(=O)CCc5ccccn5)C[C@H]4C)n23)cc1. The van der Waals surface area contributed by atoms with Gasteiger partial charge in [-0.1, -0.05) is 30.7 Å². The van der Waals surface area contributed by atoms with E-state index in [1.165, 1.54) is 16.4 Å². The second-order valence-electron chi connectivity index (χ2n) is 10.4. The molecule has 1 aliphatic carbocycles. The molecule has 1 saturated carbocycles. The fourth-order valence-electron chi connectivity index (χ4n) is 5.51. The van der Waals surface area contributed by atoms with Gasteiger partial charge < -0.3 is 0 Å². The first-order chi connectivity index (χ1) is 19.1. The molecule has 4 heterocycles. The fourth-order valence-corrected chi connectivity index (χ4v) is 8.10. The Bertz CT molecular complexity index is 1900.